The van der Waals surface area contributed by atoms with Gasteiger partial charge >= 0.3 is 5.97 Å². The highest BCUT2D eigenvalue weighted by Gasteiger charge is 2.21. The summed E-state index contributed by atoms with van der Waals surface area (Å²) in [5.74, 6) is -0.0331. The molecule has 0 unspecified atom stereocenters. The Morgan fingerprint density at radius 3 is 2.53 bits per heavy atom. The molecule has 0 atom stereocenters. The standard InChI is InChI=1S/C23H21ClN2O4/c1-4-5-8-29-23(28)20-21(27)18-11-16(6-7-17(18)19(12-25)26-20)30-22-13(2)9-15(24)10-14(22)3/h6-7,9-11,27H,4-5,8H2,1-3H3. The van der Waals surface area contributed by atoms with Crippen molar-refractivity contribution in [3.63, 3.8) is 0 Å². The number of nitriles is 1. The molecule has 1 heterocycles. The number of aryl methyl sites for hydroxylation is 2. The first-order valence-electron chi connectivity index (χ1n) is 9.54. The van der Waals surface area contributed by atoms with Crippen LogP contribution in [0.2, 0.25) is 5.02 Å². The molecular formula is C23H21ClN2O4. The number of nitrogens with zero attached hydrogens (tertiary/aromatic N) is 2. The van der Waals surface area contributed by atoms with E-state index in [1.54, 1.807) is 30.3 Å². The van der Waals surface area contributed by atoms with Crippen molar-refractivity contribution in [1.82, 2.24) is 4.98 Å². The van der Waals surface area contributed by atoms with Gasteiger partial charge < -0.3 is 14.6 Å². The van der Waals surface area contributed by atoms with E-state index in [2.05, 4.69) is 4.98 Å². The molecule has 0 spiro atoms. The van der Waals surface area contributed by atoms with Crippen LogP contribution in [0.4, 0.5) is 0 Å². The van der Waals surface area contributed by atoms with E-state index in [0.29, 0.717) is 28.3 Å². The maximum atomic E-state index is 12.4. The van der Waals surface area contributed by atoms with E-state index < -0.39 is 5.97 Å². The Labute approximate surface area is 179 Å². The topological polar surface area (TPSA) is 92.4 Å². The van der Waals surface area contributed by atoms with Crippen LogP contribution in [0, 0.1) is 25.2 Å². The lowest BCUT2D eigenvalue weighted by molar-refractivity contribution is 0.0489. The summed E-state index contributed by atoms with van der Waals surface area (Å²) in [6, 6.07) is 10.4. The number of aromatic nitrogens is 1. The molecule has 6 nitrogen and oxygen atoms in total. The number of halogens is 1. The van der Waals surface area contributed by atoms with E-state index in [1.165, 1.54) is 0 Å². The van der Waals surface area contributed by atoms with E-state index >= 15 is 0 Å². The first-order valence-corrected chi connectivity index (χ1v) is 9.92. The second kappa shape index (κ2) is 9.02. The summed E-state index contributed by atoms with van der Waals surface area (Å²) in [6.45, 7) is 5.96. The summed E-state index contributed by atoms with van der Waals surface area (Å²) in [5.41, 5.74) is 1.45. The number of aromatic hydroxyl groups is 1. The third kappa shape index (κ3) is 4.32. The normalized spacial score (nSPS) is 10.6. The Hall–Kier alpha value is -3.30. The molecule has 30 heavy (non-hydrogen) atoms. The van der Waals surface area contributed by atoms with Gasteiger partial charge in [0, 0.05) is 15.8 Å². The van der Waals surface area contributed by atoms with E-state index in [4.69, 9.17) is 21.1 Å². The molecule has 2 aromatic carbocycles. The predicted octanol–water partition coefficient (Wildman–Crippen LogP) is 5.83. The Morgan fingerprint density at radius 2 is 1.90 bits per heavy atom. The molecule has 3 aromatic rings. The Kier molecular flexibility index (Phi) is 6.43. The lowest BCUT2D eigenvalue weighted by Gasteiger charge is -2.14. The van der Waals surface area contributed by atoms with Gasteiger partial charge in [-0.2, -0.15) is 5.26 Å². The first-order chi connectivity index (χ1) is 14.3. The zero-order chi connectivity index (χ0) is 21.8. The molecule has 3 rings (SSSR count). The Bertz CT molecular complexity index is 1150. The fourth-order valence-electron chi connectivity index (χ4n) is 3.12. The largest absolute Gasteiger partial charge is 0.505 e. The molecular weight excluding hydrogens is 404 g/mol. The maximum Gasteiger partial charge on any atom is 0.360 e. The molecule has 1 aromatic heterocycles. The lowest BCUT2D eigenvalue weighted by atomic mass is 10.1. The highest BCUT2D eigenvalue weighted by Crippen LogP contribution is 2.36. The number of hydrogen-bond acceptors (Lipinski definition) is 6. The molecule has 0 aliphatic heterocycles. The third-order valence-corrected chi connectivity index (χ3v) is 4.84. The fraction of sp³-hybridized carbons (Fsp3) is 0.261. The van der Waals surface area contributed by atoms with Gasteiger partial charge in [0.1, 0.15) is 23.3 Å². The van der Waals surface area contributed by atoms with Gasteiger partial charge in [0.25, 0.3) is 0 Å². The number of rotatable bonds is 6. The SMILES string of the molecule is CCCCOC(=O)c1nc(C#N)c2ccc(Oc3c(C)cc(Cl)cc3C)cc2c1O. The van der Waals surface area contributed by atoms with Crippen LogP contribution in [0.5, 0.6) is 17.2 Å². The fourth-order valence-corrected chi connectivity index (χ4v) is 3.45. The van der Waals surface area contributed by atoms with E-state index in [1.807, 2.05) is 26.8 Å². The monoisotopic (exact) mass is 424 g/mol. The molecule has 0 amide bonds. The van der Waals surface area contributed by atoms with Crippen molar-refractivity contribution in [2.45, 2.75) is 33.6 Å². The van der Waals surface area contributed by atoms with Crippen molar-refractivity contribution in [3.8, 4) is 23.3 Å². The van der Waals surface area contributed by atoms with Gasteiger partial charge in [-0.05, 0) is 61.7 Å². The molecule has 7 heteroatoms. The molecule has 0 radical (unpaired) electrons. The summed E-state index contributed by atoms with van der Waals surface area (Å²) in [5, 5.41) is 21.5. The average molecular weight is 425 g/mol. The van der Waals surface area contributed by atoms with Crippen LogP contribution in [0.25, 0.3) is 10.8 Å². The number of esters is 1. The van der Waals surface area contributed by atoms with Gasteiger partial charge in [-0.15, -0.1) is 0 Å². The smallest absolute Gasteiger partial charge is 0.360 e. The number of carbonyl (C=O) groups excluding carboxylic acids is 1. The molecule has 0 aliphatic carbocycles. The molecule has 0 saturated carbocycles. The van der Waals surface area contributed by atoms with E-state index in [0.717, 1.165) is 17.5 Å². The number of fused-ring (bicyclic) bond motifs is 1. The highest BCUT2D eigenvalue weighted by molar-refractivity contribution is 6.30. The predicted molar refractivity (Wildman–Crippen MR) is 114 cm³/mol. The van der Waals surface area contributed by atoms with Crippen LogP contribution in [0.1, 0.15) is 47.1 Å². The second-order valence-electron chi connectivity index (χ2n) is 6.94. The van der Waals surface area contributed by atoms with Gasteiger partial charge in [-0.1, -0.05) is 24.9 Å². The number of ether oxygens (including phenoxy) is 2. The quantitative estimate of drug-likeness (QED) is 0.395. The van der Waals surface area contributed by atoms with Crippen LogP contribution >= 0.6 is 11.6 Å². The summed E-state index contributed by atoms with van der Waals surface area (Å²) in [7, 11) is 0. The average Bonchev–Trinajstić information content (AvgIpc) is 2.71. The van der Waals surface area contributed by atoms with Crippen LogP contribution < -0.4 is 4.74 Å². The van der Waals surface area contributed by atoms with Gasteiger partial charge in [-0.25, -0.2) is 9.78 Å². The van der Waals surface area contributed by atoms with Crippen molar-refractivity contribution in [1.29, 1.82) is 5.26 Å². The van der Waals surface area contributed by atoms with Crippen molar-refractivity contribution in [2.24, 2.45) is 0 Å². The van der Waals surface area contributed by atoms with Crippen LogP contribution in [-0.2, 0) is 4.74 Å². The summed E-state index contributed by atoms with van der Waals surface area (Å²) >= 11 is 6.08. The molecule has 1 N–H and O–H groups in total. The lowest BCUT2D eigenvalue weighted by Crippen LogP contribution is -2.10. The molecule has 0 bridgehead atoms. The molecule has 0 saturated heterocycles. The van der Waals surface area contributed by atoms with E-state index in [-0.39, 0.29) is 29.1 Å². The van der Waals surface area contributed by atoms with Gasteiger partial charge in [0.15, 0.2) is 11.4 Å². The highest BCUT2D eigenvalue weighted by atomic mass is 35.5. The molecule has 0 aliphatic rings. The van der Waals surface area contributed by atoms with Crippen molar-refractivity contribution >= 4 is 28.3 Å². The number of hydrogen-bond donors (Lipinski definition) is 1. The zero-order valence-electron chi connectivity index (χ0n) is 17.0. The van der Waals surface area contributed by atoms with Gasteiger partial charge in [0.2, 0.25) is 0 Å². The first kappa shape index (κ1) is 21.4. The summed E-state index contributed by atoms with van der Waals surface area (Å²) in [4.78, 5) is 16.4. The Balaban J connectivity index is 2.05. The Morgan fingerprint density at radius 1 is 1.20 bits per heavy atom. The number of benzene rings is 2. The maximum absolute atomic E-state index is 12.4. The summed E-state index contributed by atoms with van der Waals surface area (Å²) < 4.78 is 11.2. The summed E-state index contributed by atoms with van der Waals surface area (Å²) in [6.07, 6.45) is 1.56. The number of pyridine rings is 1. The van der Waals surface area contributed by atoms with Crippen LogP contribution in [0.3, 0.4) is 0 Å². The number of carbonyl (C=O) groups is 1. The van der Waals surface area contributed by atoms with Gasteiger partial charge in [-0.3, -0.25) is 0 Å². The van der Waals surface area contributed by atoms with Gasteiger partial charge in [0.05, 0.1) is 6.61 Å². The second-order valence-corrected chi connectivity index (χ2v) is 7.37. The van der Waals surface area contributed by atoms with Crippen molar-refractivity contribution < 1.29 is 19.4 Å². The molecule has 154 valence electrons. The number of unbranched alkanes of at least 4 members (excludes halogenated alkanes) is 1. The van der Waals surface area contributed by atoms with E-state index in [9.17, 15) is 15.2 Å². The van der Waals surface area contributed by atoms with Crippen molar-refractivity contribution in [2.75, 3.05) is 6.61 Å². The van der Waals surface area contributed by atoms with Crippen LogP contribution in [0.15, 0.2) is 30.3 Å². The van der Waals surface area contributed by atoms with Crippen molar-refractivity contribution in [3.05, 3.63) is 57.9 Å². The minimum Gasteiger partial charge on any atom is -0.505 e. The van der Waals surface area contributed by atoms with Crippen LogP contribution in [-0.4, -0.2) is 22.7 Å². The third-order valence-electron chi connectivity index (χ3n) is 4.62. The zero-order valence-corrected chi connectivity index (χ0v) is 17.7. The minimum absolute atomic E-state index is 0.0237. The molecule has 0 fully saturated rings. The minimum atomic E-state index is -0.768.